The fourth-order valence-corrected chi connectivity index (χ4v) is 2.81. The average Bonchev–Trinajstić information content (AvgIpc) is 2.53. The highest BCUT2D eigenvalue weighted by Gasteiger charge is 2.37. The van der Waals surface area contributed by atoms with Gasteiger partial charge in [-0.25, -0.2) is 0 Å². The molecule has 0 saturated carbocycles. The molecule has 25 heavy (non-hydrogen) atoms. The van der Waals surface area contributed by atoms with Crippen molar-refractivity contribution in [2.45, 2.75) is 45.3 Å². The second kappa shape index (κ2) is 7.50. The molecule has 1 atom stereocenters. The van der Waals surface area contributed by atoms with Crippen LogP contribution in [0.3, 0.4) is 0 Å². The number of esters is 1. The Bertz CT molecular complexity index is 674. The zero-order valence-corrected chi connectivity index (χ0v) is 14.7. The first-order valence-electron chi connectivity index (χ1n) is 8.10. The first-order valence-corrected chi connectivity index (χ1v) is 8.10. The zero-order valence-electron chi connectivity index (χ0n) is 14.7. The molecule has 0 aliphatic carbocycles. The highest BCUT2D eigenvalue weighted by molar-refractivity contribution is 5.91. The number of piperidine rings is 1. The Labute approximate surface area is 146 Å². The minimum atomic E-state index is -1.22. The van der Waals surface area contributed by atoms with Crippen molar-refractivity contribution in [3.05, 3.63) is 24.0 Å². The lowest BCUT2D eigenvalue weighted by Crippen LogP contribution is -2.52. The summed E-state index contributed by atoms with van der Waals surface area (Å²) < 4.78 is 11.0. The summed E-state index contributed by atoms with van der Waals surface area (Å²) in [7, 11) is 0. The smallest absolute Gasteiger partial charge is 0.303 e. The van der Waals surface area contributed by atoms with Crippen LogP contribution in [-0.2, 0) is 14.3 Å². The van der Waals surface area contributed by atoms with Gasteiger partial charge in [0.05, 0.1) is 6.54 Å². The number of ether oxygens (including phenoxy) is 2. The van der Waals surface area contributed by atoms with Crippen LogP contribution in [0.5, 0.6) is 5.75 Å². The standard InChI is InChI=1S/C17H23N3O5/c1-11(21)25-17(2,3)16(23)20-8-4-5-13(10-20)24-12-6-7-19-14(9-12)15(18)22/h6-7,9,13H,4-5,8,10H2,1-3H3,(H2,18,22). The van der Waals surface area contributed by atoms with E-state index >= 15 is 0 Å². The molecule has 1 fully saturated rings. The summed E-state index contributed by atoms with van der Waals surface area (Å²) in [5, 5.41) is 0. The van der Waals surface area contributed by atoms with Gasteiger partial charge in [-0.1, -0.05) is 0 Å². The molecule has 1 aliphatic rings. The molecule has 1 aromatic heterocycles. The molecule has 1 unspecified atom stereocenters. The Balaban J connectivity index is 2.03. The lowest BCUT2D eigenvalue weighted by molar-refractivity contribution is -0.169. The number of nitrogens with zero attached hydrogens (tertiary/aromatic N) is 2. The summed E-state index contributed by atoms with van der Waals surface area (Å²) >= 11 is 0. The Kier molecular flexibility index (Phi) is 5.61. The molecule has 1 aliphatic heterocycles. The minimum Gasteiger partial charge on any atom is -0.488 e. The number of likely N-dealkylation sites (tertiary alicyclic amines) is 1. The molecule has 2 rings (SSSR count). The molecule has 0 aromatic carbocycles. The Morgan fingerprint density at radius 1 is 1.36 bits per heavy atom. The van der Waals surface area contributed by atoms with Crippen LogP contribution in [0.15, 0.2) is 18.3 Å². The van der Waals surface area contributed by atoms with E-state index in [-0.39, 0.29) is 17.7 Å². The normalized spacial score (nSPS) is 17.7. The monoisotopic (exact) mass is 349 g/mol. The summed E-state index contributed by atoms with van der Waals surface area (Å²) in [5.74, 6) is -0.918. The van der Waals surface area contributed by atoms with Crippen molar-refractivity contribution in [1.82, 2.24) is 9.88 Å². The van der Waals surface area contributed by atoms with Crippen LogP contribution in [0.25, 0.3) is 0 Å². The Morgan fingerprint density at radius 2 is 2.08 bits per heavy atom. The molecule has 0 spiro atoms. The molecule has 1 aromatic rings. The third-order valence-electron chi connectivity index (χ3n) is 3.87. The SMILES string of the molecule is CC(=O)OC(C)(C)C(=O)N1CCCC(Oc2ccnc(C(N)=O)c2)C1. The third-order valence-corrected chi connectivity index (χ3v) is 3.87. The predicted octanol–water partition coefficient (Wildman–Crippen LogP) is 0.892. The summed E-state index contributed by atoms with van der Waals surface area (Å²) in [4.78, 5) is 40.5. The van der Waals surface area contributed by atoms with E-state index in [2.05, 4.69) is 4.98 Å². The highest BCUT2D eigenvalue weighted by Crippen LogP contribution is 2.22. The van der Waals surface area contributed by atoms with Crippen LogP contribution in [-0.4, -0.2) is 52.5 Å². The van der Waals surface area contributed by atoms with Crippen LogP contribution in [0.1, 0.15) is 44.1 Å². The van der Waals surface area contributed by atoms with Gasteiger partial charge in [-0.3, -0.25) is 19.4 Å². The lowest BCUT2D eigenvalue weighted by atomic mass is 10.0. The van der Waals surface area contributed by atoms with Crippen LogP contribution < -0.4 is 10.5 Å². The maximum atomic E-state index is 12.6. The minimum absolute atomic E-state index is 0.122. The van der Waals surface area contributed by atoms with E-state index in [4.69, 9.17) is 15.2 Å². The highest BCUT2D eigenvalue weighted by atomic mass is 16.6. The summed E-state index contributed by atoms with van der Waals surface area (Å²) in [6.45, 7) is 5.37. The van der Waals surface area contributed by atoms with Gasteiger partial charge < -0.3 is 20.1 Å². The molecule has 8 nitrogen and oxygen atoms in total. The van der Waals surface area contributed by atoms with Gasteiger partial charge in [0.1, 0.15) is 17.5 Å². The number of hydrogen-bond acceptors (Lipinski definition) is 6. The van der Waals surface area contributed by atoms with E-state index in [9.17, 15) is 14.4 Å². The van der Waals surface area contributed by atoms with E-state index in [1.54, 1.807) is 24.8 Å². The van der Waals surface area contributed by atoms with Crippen molar-refractivity contribution in [3.8, 4) is 5.75 Å². The summed E-state index contributed by atoms with van der Waals surface area (Å²) in [6, 6.07) is 3.11. The summed E-state index contributed by atoms with van der Waals surface area (Å²) in [5.41, 5.74) is 4.12. The van der Waals surface area contributed by atoms with Crippen molar-refractivity contribution in [3.63, 3.8) is 0 Å². The molecule has 8 heteroatoms. The maximum absolute atomic E-state index is 12.6. The van der Waals surface area contributed by atoms with Crippen LogP contribution in [0.2, 0.25) is 0 Å². The average molecular weight is 349 g/mol. The predicted molar refractivity (Wildman–Crippen MR) is 88.8 cm³/mol. The van der Waals surface area contributed by atoms with Gasteiger partial charge in [0, 0.05) is 25.7 Å². The van der Waals surface area contributed by atoms with Gasteiger partial charge in [-0.05, 0) is 32.8 Å². The van der Waals surface area contributed by atoms with Crippen LogP contribution in [0, 0.1) is 0 Å². The van der Waals surface area contributed by atoms with Gasteiger partial charge >= 0.3 is 5.97 Å². The van der Waals surface area contributed by atoms with Gasteiger partial charge in [0.15, 0.2) is 5.60 Å². The van der Waals surface area contributed by atoms with Crippen molar-refractivity contribution >= 4 is 17.8 Å². The topological polar surface area (TPSA) is 112 Å². The number of pyridine rings is 1. The van der Waals surface area contributed by atoms with E-state index in [0.29, 0.717) is 18.8 Å². The number of rotatable bonds is 5. The van der Waals surface area contributed by atoms with Gasteiger partial charge in [-0.15, -0.1) is 0 Å². The number of aromatic nitrogens is 1. The fourth-order valence-electron chi connectivity index (χ4n) is 2.81. The van der Waals surface area contributed by atoms with Crippen molar-refractivity contribution in [1.29, 1.82) is 0 Å². The van der Waals surface area contributed by atoms with Crippen molar-refractivity contribution in [2.75, 3.05) is 13.1 Å². The van der Waals surface area contributed by atoms with Gasteiger partial charge in [0.25, 0.3) is 11.8 Å². The number of carbonyl (C=O) groups excluding carboxylic acids is 3. The fraction of sp³-hybridized carbons (Fsp3) is 0.529. The molecular weight excluding hydrogens is 326 g/mol. The number of nitrogens with two attached hydrogens (primary N) is 1. The third kappa shape index (κ3) is 4.91. The first-order chi connectivity index (χ1) is 11.7. The van der Waals surface area contributed by atoms with E-state index in [1.807, 2.05) is 0 Å². The number of hydrogen-bond donors (Lipinski definition) is 1. The number of amides is 2. The maximum Gasteiger partial charge on any atom is 0.303 e. The lowest BCUT2D eigenvalue weighted by Gasteiger charge is -2.37. The van der Waals surface area contributed by atoms with E-state index < -0.39 is 17.5 Å². The van der Waals surface area contributed by atoms with E-state index in [1.165, 1.54) is 19.2 Å². The van der Waals surface area contributed by atoms with Crippen LogP contribution >= 0.6 is 0 Å². The number of primary amides is 1. The molecular formula is C17H23N3O5. The molecule has 2 N–H and O–H groups in total. The molecule has 1 saturated heterocycles. The summed E-state index contributed by atoms with van der Waals surface area (Å²) in [6.07, 6.45) is 2.76. The van der Waals surface area contributed by atoms with Crippen molar-refractivity contribution in [2.24, 2.45) is 5.73 Å². The molecule has 0 radical (unpaired) electrons. The van der Waals surface area contributed by atoms with Crippen LogP contribution in [0.4, 0.5) is 0 Å². The zero-order chi connectivity index (χ0) is 18.6. The second-order valence-corrected chi connectivity index (χ2v) is 6.48. The van der Waals surface area contributed by atoms with Crippen molar-refractivity contribution < 1.29 is 23.9 Å². The van der Waals surface area contributed by atoms with E-state index in [0.717, 1.165) is 12.8 Å². The quantitative estimate of drug-likeness (QED) is 0.790. The Hall–Kier alpha value is -2.64. The molecule has 2 amide bonds. The first kappa shape index (κ1) is 18.7. The van der Waals surface area contributed by atoms with Gasteiger partial charge in [-0.2, -0.15) is 0 Å². The molecule has 2 heterocycles. The largest absolute Gasteiger partial charge is 0.488 e. The van der Waals surface area contributed by atoms with Gasteiger partial charge in [0.2, 0.25) is 0 Å². The second-order valence-electron chi connectivity index (χ2n) is 6.48. The molecule has 0 bridgehead atoms. The Morgan fingerprint density at radius 3 is 2.72 bits per heavy atom. The molecule has 136 valence electrons. The number of carbonyl (C=O) groups is 3.